The SMILES string of the molecule is c1ccc2c(c1)Cc1cc3c(cc1-2)c1cc2ccccc2n1c1ccc2c(c31)-c1ccccc1C2. The van der Waals surface area contributed by atoms with Crippen molar-refractivity contribution in [3.8, 4) is 22.3 Å². The van der Waals surface area contributed by atoms with Crippen LogP contribution in [0.2, 0.25) is 0 Å². The molecule has 1 nitrogen and oxygen atoms in total. The molecule has 2 aromatic heterocycles. The first kappa shape index (κ1) is 18.0. The summed E-state index contributed by atoms with van der Waals surface area (Å²) in [6.45, 7) is 0. The minimum Gasteiger partial charge on any atom is -0.309 e. The summed E-state index contributed by atoms with van der Waals surface area (Å²) in [4.78, 5) is 0. The maximum absolute atomic E-state index is 2.51. The van der Waals surface area contributed by atoms with Crippen LogP contribution in [0.5, 0.6) is 0 Å². The fourth-order valence-electron chi connectivity index (χ4n) is 6.89. The van der Waals surface area contributed by atoms with E-state index in [1.807, 2.05) is 0 Å². The summed E-state index contributed by atoms with van der Waals surface area (Å²) in [6, 6.07) is 38.8. The van der Waals surface area contributed by atoms with Crippen LogP contribution in [0.25, 0.3) is 60.3 Å². The van der Waals surface area contributed by atoms with Gasteiger partial charge in [-0.05, 0) is 93.1 Å². The molecule has 0 N–H and O–H groups in total. The van der Waals surface area contributed by atoms with Gasteiger partial charge in [0.05, 0.1) is 16.6 Å². The highest BCUT2D eigenvalue weighted by Crippen LogP contribution is 2.48. The monoisotopic (exact) mass is 443 g/mol. The van der Waals surface area contributed by atoms with Crippen LogP contribution in [0, 0.1) is 0 Å². The summed E-state index contributed by atoms with van der Waals surface area (Å²) in [6.07, 6.45) is 2.03. The lowest BCUT2D eigenvalue weighted by molar-refractivity contribution is 1.26. The van der Waals surface area contributed by atoms with E-state index in [1.54, 1.807) is 0 Å². The van der Waals surface area contributed by atoms with Crippen molar-refractivity contribution in [1.82, 2.24) is 4.40 Å². The van der Waals surface area contributed by atoms with E-state index >= 15 is 0 Å². The molecular weight excluding hydrogens is 422 g/mol. The molecule has 35 heavy (non-hydrogen) atoms. The molecule has 0 fully saturated rings. The Morgan fingerprint density at radius 3 is 2.11 bits per heavy atom. The van der Waals surface area contributed by atoms with Crippen LogP contribution in [-0.4, -0.2) is 4.40 Å². The van der Waals surface area contributed by atoms with Gasteiger partial charge in [-0.3, -0.25) is 0 Å². The highest BCUT2D eigenvalue weighted by Gasteiger charge is 2.26. The van der Waals surface area contributed by atoms with Gasteiger partial charge in [0.2, 0.25) is 0 Å². The van der Waals surface area contributed by atoms with Crippen LogP contribution in [0.1, 0.15) is 22.3 Å². The van der Waals surface area contributed by atoms with Crippen molar-refractivity contribution in [2.24, 2.45) is 0 Å². The molecule has 9 rings (SSSR count). The van der Waals surface area contributed by atoms with Crippen LogP contribution < -0.4 is 0 Å². The van der Waals surface area contributed by atoms with Gasteiger partial charge in [-0.1, -0.05) is 72.8 Å². The van der Waals surface area contributed by atoms with Crippen molar-refractivity contribution >= 4 is 38.1 Å². The van der Waals surface area contributed by atoms with Crippen LogP contribution in [0.3, 0.4) is 0 Å². The zero-order valence-corrected chi connectivity index (χ0v) is 19.2. The molecular formula is C34H21N. The number of pyridine rings is 1. The van der Waals surface area contributed by atoms with Gasteiger partial charge >= 0.3 is 0 Å². The fourth-order valence-corrected chi connectivity index (χ4v) is 6.89. The minimum atomic E-state index is 1.02. The zero-order valence-electron chi connectivity index (χ0n) is 19.2. The van der Waals surface area contributed by atoms with E-state index in [9.17, 15) is 0 Å². The normalized spacial score (nSPS) is 13.5. The van der Waals surface area contributed by atoms with E-state index in [0.29, 0.717) is 0 Å². The first-order valence-corrected chi connectivity index (χ1v) is 12.5. The third kappa shape index (κ3) is 2.19. The number of rotatable bonds is 0. The number of aromatic nitrogens is 1. The molecule has 2 aliphatic carbocycles. The van der Waals surface area contributed by atoms with E-state index in [1.165, 1.54) is 82.6 Å². The van der Waals surface area contributed by atoms with Gasteiger partial charge in [0.15, 0.2) is 0 Å². The lowest BCUT2D eigenvalue weighted by Crippen LogP contribution is -1.95. The summed E-state index contributed by atoms with van der Waals surface area (Å²) >= 11 is 0. The van der Waals surface area contributed by atoms with Gasteiger partial charge in [0.25, 0.3) is 0 Å². The molecule has 0 amide bonds. The number of benzene rings is 5. The molecule has 0 radical (unpaired) electrons. The quantitative estimate of drug-likeness (QED) is 0.207. The third-order valence-corrected chi connectivity index (χ3v) is 8.37. The second-order valence-electron chi connectivity index (χ2n) is 10.1. The first-order valence-electron chi connectivity index (χ1n) is 12.5. The maximum Gasteiger partial charge on any atom is 0.0547 e. The number of hydrogen-bond acceptors (Lipinski definition) is 0. The molecule has 0 saturated heterocycles. The standard InChI is InChI=1S/C34H21N/c1-4-10-25-20(7-1)16-24-17-29-28(19-27(24)25)32-18-22-9-3-6-12-30(22)35(32)31-14-13-23-15-21-8-2-5-11-26(21)33(23)34(29)31/h1-14,17-19H,15-16H2. The number of nitrogens with zero attached hydrogens (tertiary/aromatic N) is 1. The predicted octanol–water partition coefficient (Wildman–Crippen LogP) is 8.54. The zero-order chi connectivity index (χ0) is 22.7. The fraction of sp³-hybridized carbons (Fsp3) is 0.0588. The van der Waals surface area contributed by atoms with Crippen LogP contribution in [-0.2, 0) is 12.8 Å². The van der Waals surface area contributed by atoms with Gasteiger partial charge in [-0.2, -0.15) is 0 Å². The van der Waals surface area contributed by atoms with Gasteiger partial charge < -0.3 is 4.40 Å². The summed E-state index contributed by atoms with van der Waals surface area (Å²) in [5, 5.41) is 5.43. The second-order valence-corrected chi connectivity index (χ2v) is 10.1. The average Bonchev–Trinajstić information content (AvgIpc) is 3.58. The summed E-state index contributed by atoms with van der Waals surface area (Å²) < 4.78 is 2.50. The van der Waals surface area contributed by atoms with Gasteiger partial charge in [-0.25, -0.2) is 0 Å². The Labute approximate surface area is 202 Å². The van der Waals surface area contributed by atoms with Crippen LogP contribution >= 0.6 is 0 Å². The van der Waals surface area contributed by atoms with Gasteiger partial charge in [0, 0.05) is 16.2 Å². The van der Waals surface area contributed by atoms with E-state index in [2.05, 4.69) is 108 Å². The smallest absolute Gasteiger partial charge is 0.0547 e. The Hall–Kier alpha value is -4.36. The maximum atomic E-state index is 2.51. The molecule has 5 aromatic carbocycles. The summed E-state index contributed by atoms with van der Waals surface area (Å²) in [5.74, 6) is 0. The molecule has 0 atom stereocenters. The van der Waals surface area contributed by atoms with Crippen molar-refractivity contribution in [3.05, 3.63) is 125 Å². The van der Waals surface area contributed by atoms with E-state index in [4.69, 9.17) is 0 Å². The molecule has 0 spiro atoms. The molecule has 1 heteroatoms. The van der Waals surface area contributed by atoms with Crippen LogP contribution in [0.15, 0.2) is 103 Å². The first-order chi connectivity index (χ1) is 17.3. The highest BCUT2D eigenvalue weighted by atomic mass is 14.9. The van der Waals surface area contributed by atoms with Crippen molar-refractivity contribution in [3.63, 3.8) is 0 Å². The second kappa shape index (κ2) is 6.20. The van der Waals surface area contributed by atoms with E-state index in [0.717, 1.165) is 12.8 Å². The average molecular weight is 444 g/mol. The van der Waals surface area contributed by atoms with Gasteiger partial charge in [0.1, 0.15) is 0 Å². The molecule has 0 bridgehead atoms. The van der Waals surface area contributed by atoms with Crippen molar-refractivity contribution in [1.29, 1.82) is 0 Å². The van der Waals surface area contributed by atoms with Crippen LogP contribution in [0.4, 0.5) is 0 Å². The molecule has 2 aliphatic rings. The lowest BCUT2D eigenvalue weighted by atomic mass is 9.93. The predicted molar refractivity (Wildman–Crippen MR) is 146 cm³/mol. The van der Waals surface area contributed by atoms with Gasteiger partial charge in [-0.15, -0.1) is 0 Å². The Balaban J connectivity index is 1.55. The molecule has 0 saturated carbocycles. The Morgan fingerprint density at radius 1 is 0.457 bits per heavy atom. The van der Waals surface area contributed by atoms with E-state index in [-0.39, 0.29) is 0 Å². The summed E-state index contributed by atoms with van der Waals surface area (Å²) in [7, 11) is 0. The number of hydrogen-bond donors (Lipinski definition) is 0. The van der Waals surface area contributed by atoms with Crippen molar-refractivity contribution < 1.29 is 0 Å². The molecule has 162 valence electrons. The molecule has 0 unspecified atom stereocenters. The minimum absolute atomic E-state index is 1.02. The largest absolute Gasteiger partial charge is 0.309 e. The Morgan fingerprint density at radius 2 is 1.20 bits per heavy atom. The topological polar surface area (TPSA) is 4.41 Å². The lowest BCUT2D eigenvalue weighted by Gasteiger charge is -2.16. The highest BCUT2D eigenvalue weighted by molar-refractivity contribution is 6.22. The Kier molecular flexibility index (Phi) is 3.19. The number of para-hydroxylation sites is 1. The van der Waals surface area contributed by atoms with E-state index < -0.39 is 0 Å². The third-order valence-electron chi connectivity index (χ3n) is 8.37. The molecule has 0 aliphatic heterocycles. The molecule has 2 heterocycles. The van der Waals surface area contributed by atoms with Crippen molar-refractivity contribution in [2.45, 2.75) is 12.8 Å². The summed E-state index contributed by atoms with van der Waals surface area (Å²) in [5.41, 5.74) is 15.3. The van der Waals surface area contributed by atoms with Crippen molar-refractivity contribution in [2.75, 3.05) is 0 Å². The number of fused-ring (bicyclic) bond motifs is 15. The Bertz CT molecular complexity index is 2050. The molecule has 7 aromatic rings.